The van der Waals surface area contributed by atoms with Gasteiger partial charge in [-0.2, -0.15) is 0 Å². The second kappa shape index (κ2) is 9.57. The van der Waals surface area contributed by atoms with Gasteiger partial charge in [-0.1, -0.05) is 27.2 Å². The van der Waals surface area contributed by atoms with Gasteiger partial charge in [0.15, 0.2) is 5.96 Å². The first-order valence-electron chi connectivity index (χ1n) is 10.9. The molecule has 0 radical (unpaired) electrons. The average molecular weight is 381 g/mol. The van der Waals surface area contributed by atoms with E-state index in [1.807, 2.05) is 7.05 Å². The van der Waals surface area contributed by atoms with Gasteiger partial charge in [0.1, 0.15) is 0 Å². The number of ether oxygens (including phenoxy) is 2. The smallest absolute Gasteiger partial charge is 0.193 e. The van der Waals surface area contributed by atoms with Gasteiger partial charge in [-0.05, 0) is 25.2 Å². The predicted octanol–water partition coefficient (Wildman–Crippen LogP) is 2.20. The number of hydrogen-bond donors (Lipinski definition) is 1. The Morgan fingerprint density at radius 3 is 2.70 bits per heavy atom. The van der Waals surface area contributed by atoms with Crippen LogP contribution in [0, 0.1) is 11.3 Å². The molecular formula is C21H40N4O2. The van der Waals surface area contributed by atoms with Crippen LogP contribution >= 0.6 is 0 Å². The lowest BCUT2D eigenvalue weighted by Crippen LogP contribution is -2.63. The van der Waals surface area contributed by atoms with Gasteiger partial charge in [-0.15, -0.1) is 0 Å². The average Bonchev–Trinajstić information content (AvgIpc) is 3.12. The van der Waals surface area contributed by atoms with E-state index < -0.39 is 0 Å². The summed E-state index contributed by atoms with van der Waals surface area (Å²) in [4.78, 5) is 9.60. The first-order valence-corrected chi connectivity index (χ1v) is 10.9. The number of morpholine rings is 1. The summed E-state index contributed by atoms with van der Waals surface area (Å²) in [7, 11) is 1.92. The highest BCUT2D eigenvalue weighted by Crippen LogP contribution is 2.43. The molecule has 27 heavy (non-hydrogen) atoms. The van der Waals surface area contributed by atoms with E-state index in [4.69, 9.17) is 9.47 Å². The highest BCUT2D eigenvalue weighted by atomic mass is 16.5. The number of aliphatic imine (C=N–C) groups is 1. The molecule has 2 saturated heterocycles. The van der Waals surface area contributed by atoms with E-state index in [-0.39, 0.29) is 5.41 Å². The van der Waals surface area contributed by atoms with E-state index in [1.54, 1.807) is 0 Å². The standard InChI is InChI=1S/C21H40N4O2/c1-5-6-11-27-19-14-18(21(19,2)3)23-20(22-4)25-8-7-17(16-25)15-24-9-12-26-13-10-24/h17-19H,5-16H2,1-4H3,(H,22,23). The Kier molecular flexibility index (Phi) is 7.40. The van der Waals surface area contributed by atoms with E-state index in [2.05, 4.69) is 40.9 Å². The summed E-state index contributed by atoms with van der Waals surface area (Å²) >= 11 is 0. The van der Waals surface area contributed by atoms with Crippen molar-refractivity contribution in [3.63, 3.8) is 0 Å². The van der Waals surface area contributed by atoms with Gasteiger partial charge < -0.3 is 19.7 Å². The molecule has 1 aliphatic carbocycles. The molecule has 2 aliphatic heterocycles. The van der Waals surface area contributed by atoms with Gasteiger partial charge in [0, 0.05) is 57.8 Å². The summed E-state index contributed by atoms with van der Waals surface area (Å²) in [6.45, 7) is 15.1. The van der Waals surface area contributed by atoms with Crippen LogP contribution in [0.3, 0.4) is 0 Å². The van der Waals surface area contributed by atoms with E-state index >= 15 is 0 Å². The van der Waals surface area contributed by atoms with Gasteiger partial charge in [-0.3, -0.25) is 9.89 Å². The Bertz CT molecular complexity index is 491. The number of rotatable bonds is 7. The fourth-order valence-electron chi connectivity index (χ4n) is 4.56. The fourth-order valence-corrected chi connectivity index (χ4v) is 4.56. The second-order valence-electron chi connectivity index (χ2n) is 9.03. The molecule has 1 saturated carbocycles. The van der Waals surface area contributed by atoms with Crippen molar-refractivity contribution in [2.75, 3.05) is 59.6 Å². The first kappa shape index (κ1) is 20.9. The van der Waals surface area contributed by atoms with Crippen molar-refractivity contribution in [1.29, 1.82) is 0 Å². The number of likely N-dealkylation sites (tertiary alicyclic amines) is 1. The minimum atomic E-state index is 0.163. The van der Waals surface area contributed by atoms with Crippen molar-refractivity contribution in [3.8, 4) is 0 Å². The first-order chi connectivity index (χ1) is 13.0. The predicted molar refractivity (Wildman–Crippen MR) is 110 cm³/mol. The molecule has 3 unspecified atom stereocenters. The van der Waals surface area contributed by atoms with Crippen LogP contribution < -0.4 is 5.32 Å². The van der Waals surface area contributed by atoms with Crippen molar-refractivity contribution < 1.29 is 9.47 Å². The van der Waals surface area contributed by atoms with Crippen LogP contribution in [0.1, 0.15) is 46.5 Å². The summed E-state index contributed by atoms with van der Waals surface area (Å²) in [6.07, 6.45) is 5.06. The molecule has 3 fully saturated rings. The monoisotopic (exact) mass is 380 g/mol. The van der Waals surface area contributed by atoms with Crippen molar-refractivity contribution in [2.24, 2.45) is 16.3 Å². The normalized spacial score (nSPS) is 31.8. The molecule has 0 amide bonds. The van der Waals surface area contributed by atoms with Gasteiger partial charge >= 0.3 is 0 Å². The van der Waals surface area contributed by atoms with Crippen LogP contribution in [0.15, 0.2) is 4.99 Å². The number of hydrogen-bond acceptors (Lipinski definition) is 4. The zero-order valence-corrected chi connectivity index (χ0v) is 17.9. The minimum absolute atomic E-state index is 0.163. The SMILES string of the molecule is CCCCOC1CC(NC(=NC)N2CCC(CN3CCOCC3)C2)C1(C)C. The molecule has 2 heterocycles. The van der Waals surface area contributed by atoms with Crippen molar-refractivity contribution in [1.82, 2.24) is 15.1 Å². The van der Waals surface area contributed by atoms with Crippen LogP contribution in [0.2, 0.25) is 0 Å². The number of unbranched alkanes of at least 4 members (excludes halogenated alkanes) is 1. The molecule has 0 bridgehead atoms. The lowest BCUT2D eigenvalue weighted by Gasteiger charge is -2.52. The molecule has 3 aliphatic rings. The summed E-state index contributed by atoms with van der Waals surface area (Å²) in [5.41, 5.74) is 0.163. The number of nitrogens with one attached hydrogen (secondary N) is 1. The molecular weight excluding hydrogens is 340 g/mol. The molecule has 6 heteroatoms. The maximum Gasteiger partial charge on any atom is 0.193 e. The van der Waals surface area contributed by atoms with Crippen molar-refractivity contribution >= 4 is 5.96 Å². The third-order valence-electron chi connectivity index (χ3n) is 6.72. The van der Waals surface area contributed by atoms with E-state index in [9.17, 15) is 0 Å². The topological polar surface area (TPSA) is 49.3 Å². The van der Waals surface area contributed by atoms with Gasteiger partial charge in [0.05, 0.1) is 19.3 Å². The molecule has 0 aromatic heterocycles. The quantitative estimate of drug-likeness (QED) is 0.417. The summed E-state index contributed by atoms with van der Waals surface area (Å²) in [5.74, 6) is 1.81. The molecule has 1 N–H and O–H groups in total. The summed E-state index contributed by atoms with van der Waals surface area (Å²) in [6, 6.07) is 0.445. The Balaban J connectivity index is 1.44. The third kappa shape index (κ3) is 5.15. The molecule has 3 rings (SSSR count). The van der Waals surface area contributed by atoms with Crippen LogP contribution in [-0.4, -0.2) is 87.5 Å². The minimum Gasteiger partial charge on any atom is -0.379 e. The van der Waals surface area contributed by atoms with Gasteiger partial charge in [-0.25, -0.2) is 0 Å². The van der Waals surface area contributed by atoms with Crippen molar-refractivity contribution in [2.45, 2.75) is 58.6 Å². The van der Waals surface area contributed by atoms with Gasteiger partial charge in [0.2, 0.25) is 0 Å². The van der Waals surface area contributed by atoms with Crippen molar-refractivity contribution in [3.05, 3.63) is 0 Å². The van der Waals surface area contributed by atoms with Crippen LogP contribution in [-0.2, 0) is 9.47 Å². The fraction of sp³-hybridized carbons (Fsp3) is 0.952. The van der Waals surface area contributed by atoms with Gasteiger partial charge in [0.25, 0.3) is 0 Å². The van der Waals surface area contributed by atoms with E-state index in [0.717, 1.165) is 70.7 Å². The Labute approximate surface area is 165 Å². The number of guanidine groups is 1. The number of nitrogens with zero attached hydrogens (tertiary/aromatic N) is 3. The Morgan fingerprint density at radius 1 is 1.26 bits per heavy atom. The van der Waals surface area contributed by atoms with Crippen LogP contribution in [0.4, 0.5) is 0 Å². The maximum absolute atomic E-state index is 6.10. The lowest BCUT2D eigenvalue weighted by molar-refractivity contribution is -0.114. The highest BCUT2D eigenvalue weighted by Gasteiger charge is 2.49. The highest BCUT2D eigenvalue weighted by molar-refractivity contribution is 5.80. The molecule has 0 aromatic rings. The van der Waals surface area contributed by atoms with Crippen LogP contribution in [0.25, 0.3) is 0 Å². The zero-order chi connectivity index (χ0) is 19.3. The summed E-state index contributed by atoms with van der Waals surface area (Å²) < 4.78 is 11.6. The largest absolute Gasteiger partial charge is 0.379 e. The summed E-state index contributed by atoms with van der Waals surface area (Å²) in [5, 5.41) is 3.74. The molecule has 6 nitrogen and oxygen atoms in total. The lowest BCUT2D eigenvalue weighted by atomic mass is 9.64. The third-order valence-corrected chi connectivity index (χ3v) is 6.72. The second-order valence-corrected chi connectivity index (χ2v) is 9.03. The Hall–Kier alpha value is -0.850. The molecule has 0 spiro atoms. The zero-order valence-electron chi connectivity index (χ0n) is 17.9. The van der Waals surface area contributed by atoms with E-state index in [0.29, 0.717) is 12.1 Å². The molecule has 156 valence electrons. The molecule has 0 aromatic carbocycles. The van der Waals surface area contributed by atoms with Crippen LogP contribution in [0.5, 0.6) is 0 Å². The van der Waals surface area contributed by atoms with E-state index in [1.165, 1.54) is 19.4 Å². The maximum atomic E-state index is 6.10. The Morgan fingerprint density at radius 2 is 2.04 bits per heavy atom. The molecule has 3 atom stereocenters.